The summed E-state index contributed by atoms with van der Waals surface area (Å²) in [7, 11) is 0. The number of hydrogen-bond donors (Lipinski definition) is 0. The quantitative estimate of drug-likeness (QED) is 0.437. The third kappa shape index (κ3) is 4.42. The molecule has 0 radical (unpaired) electrons. The minimum absolute atomic E-state index is 0.110. The molecule has 1 fully saturated rings. The second-order valence-corrected chi connectivity index (χ2v) is 7.68. The molecule has 2 heterocycles. The number of halogens is 1. The number of para-hydroxylation sites is 1. The van der Waals surface area contributed by atoms with Crippen molar-refractivity contribution in [1.82, 2.24) is 19.9 Å². The highest BCUT2D eigenvalue weighted by Gasteiger charge is 2.30. The van der Waals surface area contributed by atoms with Gasteiger partial charge in [-0.25, -0.2) is 0 Å². The zero-order valence-corrected chi connectivity index (χ0v) is 17.5. The Morgan fingerprint density at radius 1 is 1.13 bits per heavy atom. The highest BCUT2D eigenvalue weighted by Crippen LogP contribution is 2.25. The van der Waals surface area contributed by atoms with Crippen LogP contribution >= 0.6 is 11.6 Å². The van der Waals surface area contributed by atoms with Crippen molar-refractivity contribution in [1.29, 1.82) is 0 Å². The van der Waals surface area contributed by atoms with Crippen LogP contribution in [-0.2, 0) is 0 Å². The van der Waals surface area contributed by atoms with E-state index in [1.165, 1.54) is 12.1 Å². The number of benzene rings is 2. The number of nitro groups is 1. The topological polar surface area (TPSA) is 106 Å². The maximum Gasteiger partial charge on any atom is 0.282 e. The molecule has 1 atom stereocenters. The number of nitro benzene ring substituents is 1. The van der Waals surface area contributed by atoms with E-state index in [9.17, 15) is 14.9 Å². The van der Waals surface area contributed by atoms with Gasteiger partial charge in [-0.15, -0.1) is 0 Å². The molecule has 1 aliphatic heterocycles. The van der Waals surface area contributed by atoms with E-state index in [0.717, 1.165) is 5.56 Å². The average Bonchev–Trinajstić information content (AvgIpc) is 3.29. The number of carbonyl (C=O) groups is 1. The Balaban J connectivity index is 1.40. The number of rotatable bonds is 5. The SMILES string of the molecule is C[C@@H](c1nc(-c2ccc(Cl)cc2)no1)N1CCN(C(=O)c2ccccc2[N+](=O)[O-])CC1. The fraction of sp³-hybridized carbons (Fsp3) is 0.286. The molecule has 0 unspecified atom stereocenters. The molecule has 0 spiro atoms. The van der Waals surface area contributed by atoms with Crippen LogP contribution in [0.5, 0.6) is 0 Å². The van der Waals surface area contributed by atoms with Gasteiger partial charge in [0.2, 0.25) is 11.7 Å². The van der Waals surface area contributed by atoms with Crippen LogP contribution in [0.15, 0.2) is 53.1 Å². The lowest BCUT2D eigenvalue weighted by Crippen LogP contribution is -2.49. The lowest BCUT2D eigenvalue weighted by Gasteiger charge is -2.36. The van der Waals surface area contributed by atoms with Gasteiger partial charge in [0, 0.05) is 42.8 Å². The van der Waals surface area contributed by atoms with E-state index in [0.29, 0.717) is 42.9 Å². The Morgan fingerprint density at radius 3 is 2.48 bits per heavy atom. The van der Waals surface area contributed by atoms with Crippen molar-refractivity contribution < 1.29 is 14.2 Å². The van der Waals surface area contributed by atoms with Crippen LogP contribution in [0.2, 0.25) is 5.02 Å². The highest BCUT2D eigenvalue weighted by molar-refractivity contribution is 6.30. The molecule has 31 heavy (non-hydrogen) atoms. The molecule has 0 N–H and O–H groups in total. The molecule has 4 rings (SSSR count). The first-order chi connectivity index (χ1) is 14.9. The number of carbonyl (C=O) groups excluding carboxylic acids is 1. The molecule has 3 aromatic rings. The zero-order chi connectivity index (χ0) is 22.0. The largest absolute Gasteiger partial charge is 0.337 e. The highest BCUT2D eigenvalue weighted by atomic mass is 35.5. The molecule has 1 amide bonds. The molecule has 160 valence electrons. The number of aromatic nitrogens is 2. The Bertz CT molecular complexity index is 1090. The van der Waals surface area contributed by atoms with Crippen molar-refractivity contribution >= 4 is 23.2 Å². The predicted molar refractivity (Wildman–Crippen MR) is 114 cm³/mol. The van der Waals surface area contributed by atoms with E-state index in [1.807, 2.05) is 19.1 Å². The van der Waals surface area contributed by atoms with E-state index in [1.54, 1.807) is 29.2 Å². The summed E-state index contributed by atoms with van der Waals surface area (Å²) < 4.78 is 5.46. The molecule has 9 nitrogen and oxygen atoms in total. The van der Waals surface area contributed by atoms with Gasteiger partial charge in [-0.2, -0.15) is 4.98 Å². The molecule has 0 bridgehead atoms. The maximum absolute atomic E-state index is 12.8. The number of hydrogen-bond acceptors (Lipinski definition) is 7. The fourth-order valence-corrected chi connectivity index (χ4v) is 3.70. The molecule has 2 aromatic carbocycles. The van der Waals surface area contributed by atoms with Crippen LogP contribution in [-0.4, -0.2) is 56.9 Å². The van der Waals surface area contributed by atoms with Gasteiger partial charge in [-0.05, 0) is 37.3 Å². The van der Waals surface area contributed by atoms with Gasteiger partial charge in [0.25, 0.3) is 11.6 Å². The lowest BCUT2D eigenvalue weighted by atomic mass is 10.1. The maximum atomic E-state index is 12.8. The van der Waals surface area contributed by atoms with E-state index >= 15 is 0 Å². The zero-order valence-electron chi connectivity index (χ0n) is 16.8. The summed E-state index contributed by atoms with van der Waals surface area (Å²) in [6.45, 7) is 4.05. The third-order valence-corrected chi connectivity index (χ3v) is 5.63. The summed E-state index contributed by atoms with van der Waals surface area (Å²) >= 11 is 5.92. The van der Waals surface area contributed by atoms with Gasteiger partial charge in [-0.3, -0.25) is 19.8 Å². The molecule has 10 heteroatoms. The Hall–Kier alpha value is -3.30. The molecular formula is C21H20ClN5O4. The van der Waals surface area contributed by atoms with Crippen molar-refractivity contribution in [3.8, 4) is 11.4 Å². The Labute approximate surface area is 183 Å². The van der Waals surface area contributed by atoms with Crippen molar-refractivity contribution in [2.75, 3.05) is 26.2 Å². The average molecular weight is 442 g/mol. The second kappa shape index (κ2) is 8.83. The van der Waals surface area contributed by atoms with Crippen molar-refractivity contribution in [3.05, 3.63) is 75.1 Å². The minimum atomic E-state index is -0.528. The molecule has 1 aromatic heterocycles. The van der Waals surface area contributed by atoms with Gasteiger partial charge in [0.1, 0.15) is 5.56 Å². The lowest BCUT2D eigenvalue weighted by molar-refractivity contribution is -0.385. The summed E-state index contributed by atoms with van der Waals surface area (Å²) in [6.07, 6.45) is 0. The molecule has 1 saturated heterocycles. The van der Waals surface area contributed by atoms with Gasteiger partial charge < -0.3 is 9.42 Å². The van der Waals surface area contributed by atoms with Crippen molar-refractivity contribution in [2.24, 2.45) is 0 Å². The van der Waals surface area contributed by atoms with E-state index in [4.69, 9.17) is 16.1 Å². The number of amides is 1. The van der Waals surface area contributed by atoms with E-state index in [-0.39, 0.29) is 23.2 Å². The predicted octanol–water partition coefficient (Wildman–Crippen LogP) is 3.82. The fourth-order valence-electron chi connectivity index (χ4n) is 3.57. The third-order valence-electron chi connectivity index (χ3n) is 5.38. The van der Waals surface area contributed by atoms with Crippen molar-refractivity contribution in [3.63, 3.8) is 0 Å². The summed E-state index contributed by atoms with van der Waals surface area (Å²) in [5.74, 6) is 0.648. The molecule has 0 aliphatic carbocycles. The molecule has 1 aliphatic rings. The van der Waals surface area contributed by atoms with Crippen LogP contribution in [0.1, 0.15) is 29.2 Å². The summed E-state index contributed by atoms with van der Waals surface area (Å²) in [4.78, 5) is 31.8. The summed E-state index contributed by atoms with van der Waals surface area (Å²) in [6, 6.07) is 13.1. The molecule has 0 saturated carbocycles. The van der Waals surface area contributed by atoms with Crippen LogP contribution in [0.25, 0.3) is 11.4 Å². The number of piperazine rings is 1. The van der Waals surface area contributed by atoms with Crippen LogP contribution in [0.4, 0.5) is 5.69 Å². The first-order valence-electron chi connectivity index (χ1n) is 9.80. The van der Waals surface area contributed by atoms with Crippen LogP contribution in [0, 0.1) is 10.1 Å². The van der Waals surface area contributed by atoms with E-state index in [2.05, 4.69) is 15.0 Å². The van der Waals surface area contributed by atoms with Crippen LogP contribution < -0.4 is 0 Å². The smallest absolute Gasteiger partial charge is 0.282 e. The summed E-state index contributed by atoms with van der Waals surface area (Å²) in [5.41, 5.74) is 0.744. The first-order valence-corrected chi connectivity index (χ1v) is 10.2. The normalized spacial score (nSPS) is 15.6. The monoisotopic (exact) mass is 441 g/mol. The van der Waals surface area contributed by atoms with E-state index < -0.39 is 4.92 Å². The van der Waals surface area contributed by atoms with Crippen LogP contribution in [0.3, 0.4) is 0 Å². The van der Waals surface area contributed by atoms with Gasteiger partial charge >= 0.3 is 0 Å². The number of nitrogens with zero attached hydrogens (tertiary/aromatic N) is 5. The Morgan fingerprint density at radius 2 is 1.81 bits per heavy atom. The Kier molecular flexibility index (Phi) is 5.97. The minimum Gasteiger partial charge on any atom is -0.337 e. The molecular weight excluding hydrogens is 422 g/mol. The van der Waals surface area contributed by atoms with Gasteiger partial charge in [0.15, 0.2) is 0 Å². The standard InChI is InChI=1S/C21H20ClN5O4/c1-14(20-23-19(24-31-20)15-6-8-16(22)9-7-15)25-10-12-26(13-11-25)21(28)17-4-2-3-5-18(17)27(29)30/h2-9,14H,10-13H2,1H3/t14-/m0/s1. The summed E-state index contributed by atoms with van der Waals surface area (Å²) in [5, 5.41) is 15.9. The first kappa shape index (κ1) is 21.0. The van der Waals surface area contributed by atoms with Crippen molar-refractivity contribution in [2.45, 2.75) is 13.0 Å². The second-order valence-electron chi connectivity index (χ2n) is 7.24. The van der Waals surface area contributed by atoms with Gasteiger partial charge in [-0.1, -0.05) is 28.9 Å². The van der Waals surface area contributed by atoms with Gasteiger partial charge in [0.05, 0.1) is 11.0 Å².